The Balaban J connectivity index is 1.79. The Hall–Kier alpha value is -2.66. The lowest BCUT2D eigenvalue weighted by molar-refractivity contribution is 0.282. The Bertz CT molecular complexity index is 709. The number of aliphatic hydroxyl groups is 1. The average Bonchev–Trinajstić information content (AvgIpc) is 3.02. The number of anilines is 1. The number of rotatable bonds is 5. The van der Waals surface area contributed by atoms with Crippen LogP contribution in [0.3, 0.4) is 0 Å². The highest BCUT2D eigenvalue weighted by Crippen LogP contribution is 2.22. The summed E-state index contributed by atoms with van der Waals surface area (Å²) in [5.41, 5.74) is 4.82. The first kappa shape index (κ1) is 13.3. The molecule has 3 N–H and O–H groups in total. The summed E-state index contributed by atoms with van der Waals surface area (Å²) in [5.74, 6) is 0. The quantitative estimate of drug-likeness (QED) is 0.671. The highest BCUT2D eigenvalue weighted by molar-refractivity contribution is 5.62. The number of benzene rings is 1. The third kappa shape index (κ3) is 2.93. The van der Waals surface area contributed by atoms with E-state index < -0.39 is 0 Å². The van der Waals surface area contributed by atoms with Gasteiger partial charge in [-0.3, -0.25) is 10.1 Å². The lowest BCUT2D eigenvalue weighted by atomic mass is 10.1. The Morgan fingerprint density at radius 1 is 1.05 bits per heavy atom. The van der Waals surface area contributed by atoms with Crippen LogP contribution in [0.1, 0.15) is 11.1 Å². The summed E-state index contributed by atoms with van der Waals surface area (Å²) in [4.78, 5) is 4.13. The Labute approximate surface area is 122 Å². The van der Waals surface area contributed by atoms with Crippen molar-refractivity contribution >= 4 is 5.69 Å². The summed E-state index contributed by atoms with van der Waals surface area (Å²) in [6.07, 6.45) is 5.35. The molecule has 0 fully saturated rings. The smallest absolute Gasteiger partial charge is 0.0715 e. The van der Waals surface area contributed by atoms with Gasteiger partial charge in [-0.25, -0.2) is 0 Å². The van der Waals surface area contributed by atoms with Crippen molar-refractivity contribution in [1.29, 1.82) is 0 Å². The minimum atomic E-state index is 0.0179. The minimum absolute atomic E-state index is 0.0179. The van der Waals surface area contributed by atoms with Crippen LogP contribution in [0.5, 0.6) is 0 Å². The van der Waals surface area contributed by atoms with Gasteiger partial charge in [0.05, 0.1) is 18.5 Å². The van der Waals surface area contributed by atoms with Gasteiger partial charge < -0.3 is 10.4 Å². The molecule has 1 aromatic carbocycles. The highest BCUT2D eigenvalue weighted by Gasteiger charge is 2.08. The van der Waals surface area contributed by atoms with E-state index in [2.05, 4.69) is 20.5 Å². The van der Waals surface area contributed by atoms with Crippen LogP contribution in [0.25, 0.3) is 11.3 Å². The van der Waals surface area contributed by atoms with E-state index in [4.69, 9.17) is 0 Å². The molecule has 2 heterocycles. The minimum Gasteiger partial charge on any atom is -0.392 e. The van der Waals surface area contributed by atoms with Gasteiger partial charge in [0.2, 0.25) is 0 Å². The zero-order valence-corrected chi connectivity index (χ0v) is 11.5. The maximum Gasteiger partial charge on any atom is 0.0715 e. The van der Waals surface area contributed by atoms with Crippen molar-refractivity contribution in [2.24, 2.45) is 0 Å². The highest BCUT2D eigenvalue weighted by atomic mass is 16.3. The number of pyridine rings is 1. The lowest BCUT2D eigenvalue weighted by Crippen LogP contribution is -2.02. The maximum atomic E-state index is 9.34. The number of aromatic nitrogens is 3. The fourth-order valence-corrected chi connectivity index (χ4v) is 2.23. The second-order valence-electron chi connectivity index (χ2n) is 4.68. The average molecular weight is 280 g/mol. The third-order valence-electron chi connectivity index (χ3n) is 3.33. The molecule has 0 atom stereocenters. The Morgan fingerprint density at radius 2 is 1.95 bits per heavy atom. The number of nitrogens with zero attached hydrogens (tertiary/aromatic N) is 2. The molecule has 0 aliphatic heterocycles. The molecule has 0 unspecified atom stereocenters. The molecular formula is C16H16N4O. The van der Waals surface area contributed by atoms with E-state index in [-0.39, 0.29) is 6.61 Å². The van der Waals surface area contributed by atoms with Crippen LogP contribution in [-0.4, -0.2) is 20.3 Å². The number of para-hydroxylation sites is 1. The maximum absolute atomic E-state index is 9.34. The normalized spacial score (nSPS) is 10.5. The van der Waals surface area contributed by atoms with Crippen molar-refractivity contribution < 1.29 is 5.11 Å². The van der Waals surface area contributed by atoms with Crippen LogP contribution >= 0.6 is 0 Å². The second kappa shape index (κ2) is 6.19. The molecule has 0 saturated heterocycles. The van der Waals surface area contributed by atoms with Gasteiger partial charge in [0.25, 0.3) is 0 Å². The standard InChI is InChI=1S/C16H16N4O/c21-11-13-4-1-2-6-15(13)18-9-14-10-19-20-16(14)12-5-3-7-17-8-12/h1-8,10,18,21H,9,11H2,(H,19,20). The van der Waals surface area contributed by atoms with Crippen LogP contribution in [0.4, 0.5) is 5.69 Å². The van der Waals surface area contributed by atoms with Crippen LogP contribution in [0.15, 0.2) is 55.0 Å². The second-order valence-corrected chi connectivity index (χ2v) is 4.68. The van der Waals surface area contributed by atoms with Gasteiger partial charge in [-0.05, 0) is 18.2 Å². The summed E-state index contributed by atoms with van der Waals surface area (Å²) in [7, 11) is 0. The molecule has 5 nitrogen and oxygen atoms in total. The molecule has 0 amide bonds. The van der Waals surface area contributed by atoms with Crippen molar-refractivity contribution in [1.82, 2.24) is 15.2 Å². The first-order valence-corrected chi connectivity index (χ1v) is 6.74. The SMILES string of the molecule is OCc1ccccc1NCc1cn[nH]c1-c1cccnc1. The van der Waals surface area contributed by atoms with Crippen LogP contribution in [-0.2, 0) is 13.2 Å². The van der Waals surface area contributed by atoms with Crippen molar-refractivity contribution in [3.8, 4) is 11.3 Å². The number of aliphatic hydroxyl groups excluding tert-OH is 1. The van der Waals surface area contributed by atoms with E-state index in [0.717, 1.165) is 28.1 Å². The summed E-state index contributed by atoms with van der Waals surface area (Å²) >= 11 is 0. The monoisotopic (exact) mass is 280 g/mol. The molecule has 0 bridgehead atoms. The van der Waals surface area contributed by atoms with Gasteiger partial charge in [-0.15, -0.1) is 0 Å². The number of hydrogen-bond acceptors (Lipinski definition) is 4. The molecular weight excluding hydrogens is 264 g/mol. The van der Waals surface area contributed by atoms with Crippen molar-refractivity contribution in [2.45, 2.75) is 13.2 Å². The topological polar surface area (TPSA) is 73.8 Å². The Morgan fingerprint density at radius 3 is 2.76 bits per heavy atom. The van der Waals surface area contributed by atoms with Crippen molar-refractivity contribution in [2.75, 3.05) is 5.32 Å². The summed E-state index contributed by atoms with van der Waals surface area (Å²) in [6.45, 7) is 0.641. The van der Waals surface area contributed by atoms with Crippen LogP contribution < -0.4 is 5.32 Å². The molecule has 21 heavy (non-hydrogen) atoms. The van der Waals surface area contributed by atoms with Gasteiger partial charge in [0.1, 0.15) is 0 Å². The first-order chi connectivity index (χ1) is 10.4. The third-order valence-corrected chi connectivity index (χ3v) is 3.33. The van der Waals surface area contributed by atoms with E-state index in [9.17, 15) is 5.11 Å². The summed E-state index contributed by atoms with van der Waals surface area (Å²) in [5, 5.41) is 19.8. The largest absolute Gasteiger partial charge is 0.392 e. The van der Waals surface area contributed by atoms with Crippen LogP contribution in [0, 0.1) is 0 Å². The molecule has 0 radical (unpaired) electrons. The fourth-order valence-electron chi connectivity index (χ4n) is 2.23. The van der Waals surface area contributed by atoms with Gasteiger partial charge in [-0.2, -0.15) is 5.10 Å². The molecule has 0 aliphatic carbocycles. The van der Waals surface area contributed by atoms with E-state index in [0.29, 0.717) is 6.54 Å². The molecule has 0 aliphatic rings. The number of H-pyrrole nitrogens is 1. The van der Waals surface area contributed by atoms with Gasteiger partial charge in [-0.1, -0.05) is 18.2 Å². The first-order valence-electron chi connectivity index (χ1n) is 6.74. The van der Waals surface area contributed by atoms with E-state index in [1.165, 1.54) is 0 Å². The molecule has 2 aromatic heterocycles. The van der Waals surface area contributed by atoms with E-state index in [1.807, 2.05) is 36.4 Å². The van der Waals surface area contributed by atoms with Crippen LogP contribution in [0.2, 0.25) is 0 Å². The predicted molar refractivity (Wildman–Crippen MR) is 81.5 cm³/mol. The van der Waals surface area contributed by atoms with Gasteiger partial charge in [0.15, 0.2) is 0 Å². The molecule has 0 saturated carbocycles. The lowest BCUT2D eigenvalue weighted by Gasteiger charge is -2.10. The molecule has 5 heteroatoms. The fraction of sp³-hybridized carbons (Fsp3) is 0.125. The van der Waals surface area contributed by atoms with Crippen molar-refractivity contribution in [3.63, 3.8) is 0 Å². The predicted octanol–water partition coefficient (Wildman–Crippen LogP) is 2.58. The number of hydrogen-bond donors (Lipinski definition) is 3. The van der Waals surface area contributed by atoms with Gasteiger partial charge >= 0.3 is 0 Å². The summed E-state index contributed by atoms with van der Waals surface area (Å²) < 4.78 is 0. The zero-order valence-electron chi connectivity index (χ0n) is 11.5. The molecule has 106 valence electrons. The number of aromatic amines is 1. The molecule has 3 aromatic rings. The molecule has 3 rings (SSSR count). The van der Waals surface area contributed by atoms with E-state index in [1.54, 1.807) is 18.6 Å². The van der Waals surface area contributed by atoms with E-state index >= 15 is 0 Å². The number of nitrogens with one attached hydrogen (secondary N) is 2. The molecule has 0 spiro atoms. The Kier molecular flexibility index (Phi) is 3.93. The summed E-state index contributed by atoms with van der Waals surface area (Å²) in [6, 6.07) is 11.6. The van der Waals surface area contributed by atoms with Crippen molar-refractivity contribution in [3.05, 3.63) is 66.1 Å². The van der Waals surface area contributed by atoms with Gasteiger partial charge in [0, 0.05) is 41.3 Å². The zero-order chi connectivity index (χ0) is 14.5.